The highest BCUT2D eigenvalue weighted by Crippen LogP contribution is 2.16. The second-order valence-corrected chi connectivity index (χ2v) is 2.91. The zero-order valence-electron chi connectivity index (χ0n) is 5.94. The van der Waals surface area contributed by atoms with Crippen molar-refractivity contribution >= 4 is 21.9 Å². The molecule has 0 fully saturated rings. The largest absolute Gasteiger partial charge is 0.432 e. The Morgan fingerprint density at radius 2 is 2.33 bits per heavy atom. The highest BCUT2D eigenvalue weighted by atomic mass is 79.9. The SMILES string of the molecule is Nc1ncn(-c2ccc(Br)o2)n1. The second kappa shape index (κ2) is 2.63. The van der Waals surface area contributed by atoms with Crippen LogP contribution < -0.4 is 5.73 Å². The van der Waals surface area contributed by atoms with Gasteiger partial charge in [-0.2, -0.15) is 4.68 Å². The molecule has 0 bridgehead atoms. The van der Waals surface area contributed by atoms with Crippen LogP contribution in [0.1, 0.15) is 0 Å². The summed E-state index contributed by atoms with van der Waals surface area (Å²) in [6.45, 7) is 0. The van der Waals surface area contributed by atoms with Gasteiger partial charge in [-0.05, 0) is 22.0 Å². The minimum absolute atomic E-state index is 0.225. The van der Waals surface area contributed by atoms with Gasteiger partial charge in [0.15, 0.2) is 4.67 Å². The molecule has 0 unspecified atom stereocenters. The topological polar surface area (TPSA) is 69.9 Å². The molecular weight excluding hydrogens is 224 g/mol. The summed E-state index contributed by atoms with van der Waals surface area (Å²) in [6.07, 6.45) is 1.49. The van der Waals surface area contributed by atoms with Gasteiger partial charge in [0, 0.05) is 6.07 Å². The Balaban J connectivity index is 2.43. The molecule has 0 saturated carbocycles. The average Bonchev–Trinajstić information content (AvgIpc) is 2.58. The van der Waals surface area contributed by atoms with Gasteiger partial charge in [0.2, 0.25) is 11.8 Å². The molecule has 0 aliphatic rings. The van der Waals surface area contributed by atoms with E-state index in [2.05, 4.69) is 26.0 Å². The molecule has 2 N–H and O–H groups in total. The fourth-order valence-electron chi connectivity index (χ4n) is 0.810. The van der Waals surface area contributed by atoms with Crippen LogP contribution in [0.25, 0.3) is 5.88 Å². The Morgan fingerprint density at radius 1 is 1.50 bits per heavy atom. The van der Waals surface area contributed by atoms with Gasteiger partial charge in [-0.1, -0.05) is 0 Å². The summed E-state index contributed by atoms with van der Waals surface area (Å²) >= 11 is 3.18. The van der Waals surface area contributed by atoms with Crippen LogP contribution in [0.5, 0.6) is 0 Å². The molecule has 0 aliphatic carbocycles. The van der Waals surface area contributed by atoms with E-state index in [1.807, 2.05) is 0 Å². The van der Waals surface area contributed by atoms with Crippen molar-refractivity contribution in [2.45, 2.75) is 0 Å². The molecule has 0 radical (unpaired) electrons. The maximum Gasteiger partial charge on any atom is 0.239 e. The third kappa shape index (κ3) is 1.20. The van der Waals surface area contributed by atoms with Crippen LogP contribution in [0.4, 0.5) is 5.95 Å². The Bertz CT molecular complexity index is 355. The number of halogens is 1. The first-order chi connectivity index (χ1) is 5.75. The standard InChI is InChI=1S/C6H5BrN4O/c7-4-1-2-5(12-4)11-3-9-6(8)10-11/h1-3H,(H2,8,10). The smallest absolute Gasteiger partial charge is 0.239 e. The Labute approximate surface area is 76.3 Å². The number of hydrogen-bond donors (Lipinski definition) is 1. The molecule has 2 rings (SSSR count). The van der Waals surface area contributed by atoms with Crippen molar-refractivity contribution in [3.63, 3.8) is 0 Å². The predicted molar refractivity (Wildman–Crippen MR) is 45.7 cm³/mol. The molecule has 6 heteroatoms. The lowest BCUT2D eigenvalue weighted by Crippen LogP contribution is -1.93. The summed E-state index contributed by atoms with van der Waals surface area (Å²) in [7, 11) is 0. The maximum atomic E-state index is 5.33. The molecule has 5 nitrogen and oxygen atoms in total. The number of nitrogens with zero attached hydrogens (tertiary/aromatic N) is 3. The van der Waals surface area contributed by atoms with Crippen molar-refractivity contribution in [3.05, 3.63) is 23.1 Å². The molecule has 2 aromatic rings. The van der Waals surface area contributed by atoms with Crippen molar-refractivity contribution in [2.75, 3.05) is 5.73 Å². The third-order valence-corrected chi connectivity index (χ3v) is 1.72. The van der Waals surface area contributed by atoms with Gasteiger partial charge in [-0.25, -0.2) is 4.98 Å². The third-order valence-electron chi connectivity index (χ3n) is 1.29. The lowest BCUT2D eigenvalue weighted by atomic mass is 10.6. The monoisotopic (exact) mass is 228 g/mol. The molecule has 0 aromatic carbocycles. The van der Waals surface area contributed by atoms with E-state index in [0.29, 0.717) is 10.6 Å². The van der Waals surface area contributed by atoms with Crippen LogP contribution in [0.3, 0.4) is 0 Å². The van der Waals surface area contributed by atoms with Gasteiger partial charge in [0.25, 0.3) is 0 Å². The van der Waals surface area contributed by atoms with E-state index >= 15 is 0 Å². The second-order valence-electron chi connectivity index (χ2n) is 2.13. The molecular formula is C6H5BrN4O. The minimum Gasteiger partial charge on any atom is -0.432 e. The van der Waals surface area contributed by atoms with E-state index < -0.39 is 0 Å². The summed E-state index contributed by atoms with van der Waals surface area (Å²) < 4.78 is 7.31. The number of hydrogen-bond acceptors (Lipinski definition) is 4. The van der Waals surface area contributed by atoms with Gasteiger partial charge in [0.1, 0.15) is 6.33 Å². The average molecular weight is 229 g/mol. The quantitative estimate of drug-likeness (QED) is 0.797. The van der Waals surface area contributed by atoms with Crippen LogP contribution in [-0.4, -0.2) is 14.8 Å². The molecule has 62 valence electrons. The van der Waals surface area contributed by atoms with Crippen molar-refractivity contribution in [1.29, 1.82) is 0 Å². The highest BCUT2D eigenvalue weighted by Gasteiger charge is 2.03. The Kier molecular flexibility index (Phi) is 1.61. The minimum atomic E-state index is 0.225. The van der Waals surface area contributed by atoms with E-state index in [9.17, 15) is 0 Å². The summed E-state index contributed by atoms with van der Waals surface area (Å²) in [6, 6.07) is 3.53. The van der Waals surface area contributed by atoms with Gasteiger partial charge < -0.3 is 10.2 Å². The normalized spacial score (nSPS) is 10.4. The molecule has 0 atom stereocenters. The molecule has 2 heterocycles. The molecule has 0 amide bonds. The van der Waals surface area contributed by atoms with Gasteiger partial charge in [-0.3, -0.25) is 0 Å². The zero-order valence-corrected chi connectivity index (χ0v) is 7.52. The van der Waals surface area contributed by atoms with Crippen LogP contribution >= 0.6 is 15.9 Å². The summed E-state index contributed by atoms with van der Waals surface area (Å²) in [5.74, 6) is 0.800. The number of nitrogens with two attached hydrogens (primary N) is 1. The van der Waals surface area contributed by atoms with E-state index in [0.717, 1.165) is 0 Å². The summed E-state index contributed by atoms with van der Waals surface area (Å²) in [4.78, 5) is 3.76. The van der Waals surface area contributed by atoms with Crippen molar-refractivity contribution < 1.29 is 4.42 Å². The fraction of sp³-hybridized carbons (Fsp3) is 0. The van der Waals surface area contributed by atoms with E-state index in [4.69, 9.17) is 10.2 Å². The number of aromatic nitrogens is 3. The van der Waals surface area contributed by atoms with Gasteiger partial charge in [-0.15, -0.1) is 5.10 Å². The van der Waals surface area contributed by atoms with Crippen LogP contribution in [0.15, 0.2) is 27.5 Å². The lowest BCUT2D eigenvalue weighted by Gasteiger charge is -1.90. The number of furan rings is 1. The number of rotatable bonds is 1. The van der Waals surface area contributed by atoms with Gasteiger partial charge >= 0.3 is 0 Å². The predicted octanol–water partition coefficient (Wildman–Crippen LogP) is 1.21. The number of anilines is 1. The molecule has 2 aromatic heterocycles. The summed E-state index contributed by atoms with van der Waals surface area (Å²) in [5.41, 5.74) is 5.33. The van der Waals surface area contributed by atoms with E-state index in [-0.39, 0.29) is 5.95 Å². The van der Waals surface area contributed by atoms with E-state index in [1.165, 1.54) is 11.0 Å². The van der Waals surface area contributed by atoms with Crippen molar-refractivity contribution in [3.8, 4) is 5.88 Å². The lowest BCUT2D eigenvalue weighted by molar-refractivity contribution is 0.501. The van der Waals surface area contributed by atoms with Crippen LogP contribution in [-0.2, 0) is 0 Å². The first kappa shape index (κ1) is 7.35. The first-order valence-electron chi connectivity index (χ1n) is 3.18. The zero-order chi connectivity index (χ0) is 8.55. The highest BCUT2D eigenvalue weighted by molar-refractivity contribution is 9.10. The van der Waals surface area contributed by atoms with Crippen molar-refractivity contribution in [2.24, 2.45) is 0 Å². The maximum absolute atomic E-state index is 5.33. The number of nitrogen functional groups attached to an aromatic ring is 1. The molecule has 0 spiro atoms. The van der Waals surface area contributed by atoms with Crippen LogP contribution in [0.2, 0.25) is 0 Å². The molecule has 12 heavy (non-hydrogen) atoms. The first-order valence-corrected chi connectivity index (χ1v) is 3.98. The Hall–Kier alpha value is -1.30. The Morgan fingerprint density at radius 3 is 2.83 bits per heavy atom. The van der Waals surface area contributed by atoms with E-state index in [1.54, 1.807) is 12.1 Å². The molecule has 0 saturated heterocycles. The van der Waals surface area contributed by atoms with Crippen LogP contribution in [0, 0.1) is 0 Å². The molecule has 0 aliphatic heterocycles. The fourth-order valence-corrected chi connectivity index (χ4v) is 1.11. The van der Waals surface area contributed by atoms with Crippen molar-refractivity contribution in [1.82, 2.24) is 14.8 Å². The summed E-state index contributed by atoms with van der Waals surface area (Å²) in [5, 5.41) is 3.86. The van der Waals surface area contributed by atoms with Gasteiger partial charge in [0.05, 0.1) is 0 Å².